The van der Waals surface area contributed by atoms with Gasteiger partial charge in [0.05, 0.1) is 12.7 Å². The second-order valence-corrected chi connectivity index (χ2v) is 4.13. The van der Waals surface area contributed by atoms with Gasteiger partial charge < -0.3 is 14.8 Å². The van der Waals surface area contributed by atoms with E-state index in [4.69, 9.17) is 14.7 Å². The lowest BCUT2D eigenvalue weighted by Crippen LogP contribution is -2.13. The van der Waals surface area contributed by atoms with Crippen LogP contribution in [0.25, 0.3) is 0 Å². The molecule has 2 rings (SSSR count). The first-order valence-electron chi connectivity index (χ1n) is 6.29. The molecule has 0 saturated heterocycles. The summed E-state index contributed by atoms with van der Waals surface area (Å²) in [4.78, 5) is 12.2. The summed E-state index contributed by atoms with van der Waals surface area (Å²) in [5.41, 5.74) is 1.10. The minimum absolute atomic E-state index is 0.00702. The van der Waals surface area contributed by atoms with E-state index >= 15 is 0 Å². The molecule has 1 amide bonds. The zero-order chi connectivity index (χ0) is 15.1. The molecule has 0 aromatic heterocycles. The Bertz CT molecular complexity index is 660. The van der Waals surface area contributed by atoms with Crippen LogP contribution >= 0.6 is 0 Å². The standard InChI is InChI=1S/C16H14N2O3/c1-20-15-5-3-2-4-14(15)16(19)18-12-6-8-13(9-7-12)21-11-10-17/h2-9H,11H2,1H3,(H,18,19). The van der Waals surface area contributed by atoms with Gasteiger partial charge in [0.2, 0.25) is 0 Å². The molecule has 5 heteroatoms. The minimum Gasteiger partial charge on any atom is -0.496 e. The molecule has 1 N–H and O–H groups in total. The van der Waals surface area contributed by atoms with Gasteiger partial charge in [-0.1, -0.05) is 12.1 Å². The zero-order valence-corrected chi connectivity index (χ0v) is 11.5. The van der Waals surface area contributed by atoms with Crippen LogP contribution in [0.15, 0.2) is 48.5 Å². The van der Waals surface area contributed by atoms with Crippen LogP contribution in [0.3, 0.4) is 0 Å². The lowest BCUT2D eigenvalue weighted by molar-refractivity contribution is 0.102. The summed E-state index contributed by atoms with van der Waals surface area (Å²) in [7, 11) is 1.52. The van der Waals surface area contributed by atoms with Gasteiger partial charge in [0, 0.05) is 5.69 Å². The largest absolute Gasteiger partial charge is 0.496 e. The third-order valence-corrected chi connectivity index (χ3v) is 2.77. The first-order chi connectivity index (χ1) is 10.2. The highest BCUT2D eigenvalue weighted by molar-refractivity contribution is 6.06. The average molecular weight is 282 g/mol. The van der Waals surface area contributed by atoms with Crippen molar-refractivity contribution in [3.05, 3.63) is 54.1 Å². The van der Waals surface area contributed by atoms with Crippen molar-refractivity contribution in [2.24, 2.45) is 0 Å². The number of carbonyl (C=O) groups is 1. The van der Waals surface area contributed by atoms with Gasteiger partial charge in [-0.3, -0.25) is 4.79 Å². The second kappa shape index (κ2) is 6.96. The molecule has 0 bridgehead atoms. The van der Waals surface area contributed by atoms with Gasteiger partial charge in [-0.25, -0.2) is 0 Å². The van der Waals surface area contributed by atoms with Crippen LogP contribution in [-0.4, -0.2) is 19.6 Å². The fraction of sp³-hybridized carbons (Fsp3) is 0.125. The van der Waals surface area contributed by atoms with E-state index < -0.39 is 0 Å². The number of hydrogen-bond donors (Lipinski definition) is 1. The topological polar surface area (TPSA) is 71.3 Å². The van der Waals surface area contributed by atoms with E-state index in [-0.39, 0.29) is 12.5 Å². The third kappa shape index (κ3) is 3.74. The maximum atomic E-state index is 12.2. The van der Waals surface area contributed by atoms with Gasteiger partial charge in [-0.05, 0) is 36.4 Å². The SMILES string of the molecule is COc1ccccc1C(=O)Nc1ccc(OCC#N)cc1. The van der Waals surface area contributed by atoms with Gasteiger partial charge in [0.15, 0.2) is 6.61 Å². The van der Waals surface area contributed by atoms with E-state index in [1.54, 1.807) is 48.5 Å². The molecule has 5 nitrogen and oxygen atoms in total. The fourth-order valence-corrected chi connectivity index (χ4v) is 1.78. The van der Waals surface area contributed by atoms with E-state index in [1.165, 1.54) is 7.11 Å². The molecular formula is C16H14N2O3. The van der Waals surface area contributed by atoms with E-state index in [2.05, 4.69) is 5.32 Å². The van der Waals surface area contributed by atoms with Crippen molar-refractivity contribution in [2.45, 2.75) is 0 Å². The van der Waals surface area contributed by atoms with Crippen molar-refractivity contribution in [3.8, 4) is 17.6 Å². The number of carbonyl (C=O) groups excluding carboxylic acids is 1. The van der Waals surface area contributed by atoms with Crippen LogP contribution in [0.2, 0.25) is 0 Å². The summed E-state index contributed by atoms with van der Waals surface area (Å²) in [6, 6.07) is 15.7. The molecule has 0 atom stereocenters. The van der Waals surface area contributed by atoms with Crippen LogP contribution in [0.4, 0.5) is 5.69 Å². The van der Waals surface area contributed by atoms with Gasteiger partial charge in [-0.15, -0.1) is 0 Å². The number of nitrogens with zero attached hydrogens (tertiary/aromatic N) is 1. The molecule has 0 saturated carbocycles. The Kier molecular flexibility index (Phi) is 4.78. The van der Waals surface area contributed by atoms with E-state index in [0.29, 0.717) is 22.7 Å². The lowest BCUT2D eigenvalue weighted by atomic mass is 10.2. The summed E-state index contributed by atoms with van der Waals surface area (Å²) in [5, 5.41) is 11.2. The van der Waals surface area contributed by atoms with Crippen molar-refractivity contribution in [1.82, 2.24) is 0 Å². The number of nitrogens with one attached hydrogen (secondary N) is 1. The molecule has 21 heavy (non-hydrogen) atoms. The van der Waals surface area contributed by atoms with Crippen LogP contribution in [0.1, 0.15) is 10.4 Å². The monoisotopic (exact) mass is 282 g/mol. The van der Waals surface area contributed by atoms with Crippen molar-refractivity contribution < 1.29 is 14.3 Å². The molecule has 0 radical (unpaired) electrons. The highest BCUT2D eigenvalue weighted by Gasteiger charge is 2.11. The van der Waals surface area contributed by atoms with Crippen molar-refractivity contribution in [1.29, 1.82) is 5.26 Å². The van der Waals surface area contributed by atoms with Gasteiger partial charge >= 0.3 is 0 Å². The Morgan fingerprint density at radius 1 is 1.19 bits per heavy atom. The Morgan fingerprint density at radius 2 is 1.90 bits per heavy atom. The van der Waals surface area contributed by atoms with E-state index in [9.17, 15) is 4.79 Å². The smallest absolute Gasteiger partial charge is 0.259 e. The van der Waals surface area contributed by atoms with Crippen LogP contribution in [-0.2, 0) is 0 Å². The van der Waals surface area contributed by atoms with E-state index in [1.807, 2.05) is 6.07 Å². The first kappa shape index (κ1) is 14.4. The number of nitriles is 1. The molecule has 2 aromatic rings. The molecule has 0 fully saturated rings. The van der Waals surface area contributed by atoms with Gasteiger partial charge in [0.25, 0.3) is 5.91 Å². The molecule has 0 unspecified atom stereocenters. The number of anilines is 1. The summed E-state index contributed by atoms with van der Waals surface area (Å²) in [6.07, 6.45) is 0. The molecular weight excluding hydrogens is 268 g/mol. The highest BCUT2D eigenvalue weighted by atomic mass is 16.5. The Balaban J connectivity index is 2.07. The predicted molar refractivity (Wildman–Crippen MR) is 78.5 cm³/mol. The Morgan fingerprint density at radius 3 is 2.57 bits per heavy atom. The molecule has 106 valence electrons. The number of ether oxygens (including phenoxy) is 2. The highest BCUT2D eigenvalue weighted by Crippen LogP contribution is 2.20. The molecule has 0 spiro atoms. The number of benzene rings is 2. The minimum atomic E-state index is -0.252. The Hall–Kier alpha value is -3.00. The number of hydrogen-bond acceptors (Lipinski definition) is 4. The maximum absolute atomic E-state index is 12.2. The van der Waals surface area contributed by atoms with Gasteiger partial charge in [0.1, 0.15) is 17.6 Å². The molecule has 0 heterocycles. The summed E-state index contributed by atoms with van der Waals surface area (Å²) in [6.45, 7) is -0.00702. The molecule has 0 aliphatic carbocycles. The maximum Gasteiger partial charge on any atom is 0.259 e. The number of para-hydroxylation sites is 1. The quantitative estimate of drug-likeness (QED) is 0.915. The molecule has 0 aliphatic rings. The van der Waals surface area contributed by atoms with Crippen molar-refractivity contribution in [3.63, 3.8) is 0 Å². The lowest BCUT2D eigenvalue weighted by Gasteiger charge is -2.09. The van der Waals surface area contributed by atoms with Crippen LogP contribution in [0.5, 0.6) is 11.5 Å². The number of rotatable bonds is 5. The molecule has 2 aromatic carbocycles. The summed E-state index contributed by atoms with van der Waals surface area (Å²) < 4.78 is 10.3. The summed E-state index contributed by atoms with van der Waals surface area (Å²) in [5.74, 6) is 0.842. The first-order valence-corrected chi connectivity index (χ1v) is 6.29. The van der Waals surface area contributed by atoms with E-state index in [0.717, 1.165) is 0 Å². The summed E-state index contributed by atoms with van der Waals surface area (Å²) >= 11 is 0. The van der Waals surface area contributed by atoms with Crippen molar-refractivity contribution in [2.75, 3.05) is 19.0 Å². The average Bonchev–Trinajstić information content (AvgIpc) is 2.54. The normalized spacial score (nSPS) is 9.52. The fourth-order valence-electron chi connectivity index (χ4n) is 1.78. The number of amides is 1. The number of methoxy groups -OCH3 is 1. The molecule has 0 aliphatic heterocycles. The van der Waals surface area contributed by atoms with Crippen LogP contribution in [0, 0.1) is 11.3 Å². The van der Waals surface area contributed by atoms with Crippen LogP contribution < -0.4 is 14.8 Å². The predicted octanol–water partition coefficient (Wildman–Crippen LogP) is 2.85. The van der Waals surface area contributed by atoms with Gasteiger partial charge in [-0.2, -0.15) is 5.26 Å². The zero-order valence-electron chi connectivity index (χ0n) is 11.5. The second-order valence-electron chi connectivity index (χ2n) is 4.13. The third-order valence-electron chi connectivity index (χ3n) is 2.77. The Labute approximate surface area is 122 Å². The van der Waals surface area contributed by atoms with Crippen molar-refractivity contribution >= 4 is 11.6 Å².